The standard InChI is InChI=1S/C16H17ClN4O2/c1-16(2,3)23-12(22)7-21-11-5-4-9(17)6-10(11)13-14(18)19-8-20-15(13)21/h4-6,8H,7H2,1-3H3,(H2,18,19,20). The Morgan fingerprint density at radius 1 is 1.35 bits per heavy atom. The Morgan fingerprint density at radius 2 is 2.09 bits per heavy atom. The number of anilines is 1. The van der Waals surface area contributed by atoms with Crippen molar-refractivity contribution in [1.82, 2.24) is 14.5 Å². The Balaban J connectivity index is 2.19. The Labute approximate surface area is 138 Å². The number of nitrogens with zero attached hydrogens (tertiary/aromatic N) is 3. The fourth-order valence-electron chi connectivity index (χ4n) is 2.57. The number of rotatable bonds is 2. The Bertz CT molecular complexity index is 912. The summed E-state index contributed by atoms with van der Waals surface area (Å²) in [5.41, 5.74) is 6.84. The van der Waals surface area contributed by atoms with E-state index in [0.717, 1.165) is 10.9 Å². The van der Waals surface area contributed by atoms with Crippen molar-refractivity contribution < 1.29 is 9.53 Å². The molecule has 2 aromatic heterocycles. The first-order valence-electron chi connectivity index (χ1n) is 7.16. The lowest BCUT2D eigenvalue weighted by Gasteiger charge is -2.20. The third-order valence-corrected chi connectivity index (χ3v) is 3.57. The molecule has 6 nitrogen and oxygen atoms in total. The first-order chi connectivity index (χ1) is 10.8. The Morgan fingerprint density at radius 3 is 2.78 bits per heavy atom. The number of fused-ring (bicyclic) bond motifs is 3. The molecule has 0 saturated carbocycles. The number of aromatic nitrogens is 3. The summed E-state index contributed by atoms with van der Waals surface area (Å²) in [6.07, 6.45) is 1.38. The van der Waals surface area contributed by atoms with Gasteiger partial charge in [-0.2, -0.15) is 0 Å². The van der Waals surface area contributed by atoms with Crippen molar-refractivity contribution >= 4 is 45.3 Å². The third-order valence-electron chi connectivity index (χ3n) is 3.34. The molecule has 0 aliphatic heterocycles. The molecule has 1 aromatic carbocycles. The summed E-state index contributed by atoms with van der Waals surface area (Å²) in [5.74, 6) is 0.00800. The van der Waals surface area contributed by atoms with Crippen LogP contribution < -0.4 is 5.73 Å². The summed E-state index contributed by atoms with van der Waals surface area (Å²) < 4.78 is 7.17. The maximum atomic E-state index is 12.2. The fraction of sp³-hybridized carbons (Fsp3) is 0.312. The van der Waals surface area contributed by atoms with E-state index < -0.39 is 5.60 Å². The van der Waals surface area contributed by atoms with Crippen molar-refractivity contribution in [2.24, 2.45) is 0 Å². The molecule has 23 heavy (non-hydrogen) atoms. The van der Waals surface area contributed by atoms with Gasteiger partial charge in [0, 0.05) is 10.4 Å². The van der Waals surface area contributed by atoms with Gasteiger partial charge >= 0.3 is 5.97 Å². The molecule has 0 unspecified atom stereocenters. The van der Waals surface area contributed by atoms with Gasteiger partial charge in [0.1, 0.15) is 29.9 Å². The van der Waals surface area contributed by atoms with E-state index in [1.165, 1.54) is 6.33 Å². The summed E-state index contributed by atoms with van der Waals surface area (Å²) in [7, 11) is 0. The van der Waals surface area contributed by atoms with Gasteiger partial charge in [0.15, 0.2) is 0 Å². The zero-order chi connectivity index (χ0) is 16.8. The van der Waals surface area contributed by atoms with E-state index in [0.29, 0.717) is 21.9 Å². The normalized spacial score (nSPS) is 12.0. The minimum absolute atomic E-state index is 0.0371. The van der Waals surface area contributed by atoms with Crippen molar-refractivity contribution in [3.8, 4) is 0 Å². The van der Waals surface area contributed by atoms with Crippen molar-refractivity contribution in [3.63, 3.8) is 0 Å². The predicted molar refractivity (Wildman–Crippen MR) is 90.3 cm³/mol. The zero-order valence-corrected chi connectivity index (χ0v) is 13.9. The highest BCUT2D eigenvalue weighted by Crippen LogP contribution is 2.32. The van der Waals surface area contributed by atoms with Crippen LogP contribution >= 0.6 is 11.6 Å². The van der Waals surface area contributed by atoms with Gasteiger partial charge in [-0.05, 0) is 39.0 Å². The van der Waals surface area contributed by atoms with Crippen LogP contribution in [-0.4, -0.2) is 26.1 Å². The van der Waals surface area contributed by atoms with Crippen LogP contribution in [0.5, 0.6) is 0 Å². The SMILES string of the molecule is CC(C)(C)OC(=O)Cn1c2ccc(Cl)cc2c2c(N)ncnc21. The van der Waals surface area contributed by atoms with Crippen LogP contribution in [0, 0.1) is 0 Å². The second kappa shape index (κ2) is 5.38. The molecule has 120 valence electrons. The molecule has 0 aliphatic rings. The van der Waals surface area contributed by atoms with E-state index in [-0.39, 0.29) is 12.5 Å². The molecule has 2 heterocycles. The summed E-state index contributed by atoms with van der Waals surface area (Å²) in [5, 5.41) is 2.08. The molecule has 0 bridgehead atoms. The lowest BCUT2D eigenvalue weighted by Crippen LogP contribution is -2.26. The van der Waals surface area contributed by atoms with Gasteiger partial charge in [-0.25, -0.2) is 9.97 Å². The highest BCUT2D eigenvalue weighted by Gasteiger charge is 2.21. The molecule has 0 aliphatic carbocycles. The monoisotopic (exact) mass is 332 g/mol. The number of nitrogen functional groups attached to an aromatic ring is 1. The van der Waals surface area contributed by atoms with E-state index in [9.17, 15) is 4.79 Å². The number of ether oxygens (including phenoxy) is 1. The quantitative estimate of drug-likeness (QED) is 0.729. The molecular formula is C16H17ClN4O2. The molecule has 0 radical (unpaired) electrons. The molecule has 3 rings (SSSR count). The average molecular weight is 333 g/mol. The van der Waals surface area contributed by atoms with Crippen molar-refractivity contribution in [3.05, 3.63) is 29.5 Å². The molecule has 0 atom stereocenters. The van der Waals surface area contributed by atoms with Crippen LogP contribution in [0.1, 0.15) is 20.8 Å². The number of benzene rings is 1. The van der Waals surface area contributed by atoms with Crippen LogP contribution in [0.2, 0.25) is 5.02 Å². The molecule has 0 amide bonds. The van der Waals surface area contributed by atoms with Crippen LogP contribution in [-0.2, 0) is 16.1 Å². The molecule has 0 spiro atoms. The maximum Gasteiger partial charge on any atom is 0.326 e. The van der Waals surface area contributed by atoms with Crippen LogP contribution in [0.4, 0.5) is 5.82 Å². The zero-order valence-electron chi connectivity index (χ0n) is 13.1. The van der Waals surface area contributed by atoms with Gasteiger partial charge in [-0.15, -0.1) is 0 Å². The minimum Gasteiger partial charge on any atom is -0.459 e. The topological polar surface area (TPSA) is 83.0 Å². The highest BCUT2D eigenvalue weighted by molar-refractivity contribution is 6.32. The maximum absolute atomic E-state index is 12.2. The second-order valence-corrected chi connectivity index (χ2v) is 6.73. The highest BCUT2D eigenvalue weighted by atomic mass is 35.5. The molecular weight excluding hydrogens is 316 g/mol. The van der Waals surface area contributed by atoms with Crippen molar-refractivity contribution in [1.29, 1.82) is 0 Å². The van der Waals surface area contributed by atoms with Gasteiger partial charge in [0.05, 0.1) is 10.9 Å². The van der Waals surface area contributed by atoms with Gasteiger partial charge in [0.25, 0.3) is 0 Å². The lowest BCUT2D eigenvalue weighted by atomic mass is 10.2. The van der Waals surface area contributed by atoms with Crippen LogP contribution in [0.15, 0.2) is 24.5 Å². The Kier molecular flexibility index (Phi) is 3.64. The van der Waals surface area contributed by atoms with Crippen LogP contribution in [0.3, 0.4) is 0 Å². The summed E-state index contributed by atoms with van der Waals surface area (Å²) in [4.78, 5) is 20.5. The summed E-state index contributed by atoms with van der Waals surface area (Å²) >= 11 is 6.09. The van der Waals surface area contributed by atoms with Gasteiger partial charge in [-0.3, -0.25) is 4.79 Å². The van der Waals surface area contributed by atoms with E-state index in [1.54, 1.807) is 16.7 Å². The predicted octanol–water partition coefficient (Wildman–Crippen LogP) is 3.16. The number of halogens is 1. The number of hydrogen-bond donors (Lipinski definition) is 1. The number of esters is 1. The third kappa shape index (κ3) is 2.94. The lowest BCUT2D eigenvalue weighted by molar-refractivity contribution is -0.155. The largest absolute Gasteiger partial charge is 0.459 e. The van der Waals surface area contributed by atoms with Crippen LogP contribution in [0.25, 0.3) is 21.9 Å². The fourth-order valence-corrected chi connectivity index (χ4v) is 2.75. The molecule has 3 aromatic rings. The Hall–Kier alpha value is -2.34. The summed E-state index contributed by atoms with van der Waals surface area (Å²) in [6, 6.07) is 5.39. The number of carbonyl (C=O) groups excluding carboxylic acids is 1. The minimum atomic E-state index is -0.548. The van der Waals surface area contributed by atoms with Gasteiger partial charge < -0.3 is 15.0 Å². The summed E-state index contributed by atoms with van der Waals surface area (Å²) in [6.45, 7) is 5.53. The molecule has 0 fully saturated rings. The number of hydrogen-bond acceptors (Lipinski definition) is 5. The van der Waals surface area contributed by atoms with Gasteiger partial charge in [-0.1, -0.05) is 11.6 Å². The number of nitrogens with two attached hydrogens (primary N) is 1. The van der Waals surface area contributed by atoms with E-state index >= 15 is 0 Å². The van der Waals surface area contributed by atoms with E-state index in [1.807, 2.05) is 26.8 Å². The van der Waals surface area contributed by atoms with E-state index in [2.05, 4.69) is 9.97 Å². The molecule has 0 saturated heterocycles. The smallest absolute Gasteiger partial charge is 0.326 e. The van der Waals surface area contributed by atoms with E-state index in [4.69, 9.17) is 22.1 Å². The molecule has 7 heteroatoms. The van der Waals surface area contributed by atoms with Crippen molar-refractivity contribution in [2.45, 2.75) is 32.9 Å². The number of carbonyl (C=O) groups is 1. The molecule has 2 N–H and O–H groups in total. The first kappa shape index (κ1) is 15.6. The van der Waals surface area contributed by atoms with Crippen molar-refractivity contribution in [2.75, 3.05) is 5.73 Å². The van der Waals surface area contributed by atoms with Gasteiger partial charge in [0.2, 0.25) is 0 Å². The average Bonchev–Trinajstić information content (AvgIpc) is 2.72. The first-order valence-corrected chi connectivity index (χ1v) is 7.54. The second-order valence-electron chi connectivity index (χ2n) is 6.29.